The molecule has 0 saturated carbocycles. The van der Waals surface area contributed by atoms with Crippen molar-refractivity contribution in [3.05, 3.63) is 48.5 Å². The van der Waals surface area contributed by atoms with Gasteiger partial charge in [0, 0.05) is 42.0 Å². The molecule has 0 fully saturated rings. The largest absolute Gasteiger partial charge is 1.00 e. The van der Waals surface area contributed by atoms with E-state index in [9.17, 15) is 0 Å². The minimum absolute atomic E-state index is 0. The molecule has 41 heavy (non-hydrogen) atoms. The number of thiol groups is 1. The second-order valence-electron chi connectivity index (χ2n) is 6.72. The molecule has 0 N–H and O–H groups in total. The molecule has 226 valence electrons. The molecule has 0 bridgehead atoms. The summed E-state index contributed by atoms with van der Waals surface area (Å²) < 4.78 is 31.4. The summed E-state index contributed by atoms with van der Waals surface area (Å²) in [6.07, 6.45) is -0.207. The molecular formula is C27H43BrK2O9S2. The predicted octanol–water partition coefficient (Wildman–Crippen LogP) is -0.494. The number of ether oxygens (including phenoxy) is 6. The number of hydrogen-bond donors (Lipinski definition) is 1. The number of benzene rings is 2. The third kappa shape index (κ3) is 31.5. The average Bonchev–Trinajstić information content (AvgIpc) is 2.97. The van der Waals surface area contributed by atoms with Gasteiger partial charge in [0.05, 0.1) is 19.5 Å². The molecule has 0 aliphatic rings. The molecule has 0 unspecified atom stereocenters. The molecular weight excluding hydrogens is 691 g/mol. The molecule has 0 amide bonds. The van der Waals surface area contributed by atoms with Gasteiger partial charge in [-0.15, -0.1) is 24.4 Å². The van der Waals surface area contributed by atoms with E-state index in [4.69, 9.17) is 38.5 Å². The van der Waals surface area contributed by atoms with Gasteiger partial charge in [-0.25, -0.2) is 0 Å². The van der Waals surface area contributed by atoms with Gasteiger partial charge < -0.3 is 40.0 Å². The first-order valence-electron chi connectivity index (χ1n) is 12.2. The molecule has 0 heterocycles. The number of thioether (sulfide) groups is 1. The number of halogens is 1. The van der Waals surface area contributed by atoms with E-state index in [2.05, 4.69) is 39.5 Å². The number of carbonyl (C=O) groups excluding carboxylic acids is 1. The van der Waals surface area contributed by atoms with Gasteiger partial charge in [-0.05, 0) is 64.1 Å². The van der Waals surface area contributed by atoms with Gasteiger partial charge in [0.15, 0.2) is 12.6 Å². The van der Waals surface area contributed by atoms with Crippen molar-refractivity contribution in [3.8, 4) is 11.5 Å². The maximum atomic E-state index is 8.64. The summed E-state index contributed by atoms with van der Waals surface area (Å²) in [6.45, 7) is 10.4. The fourth-order valence-corrected chi connectivity index (χ4v) is 3.97. The molecule has 0 saturated heterocycles. The quantitative estimate of drug-likeness (QED) is 0.0377. The Morgan fingerprint density at radius 3 is 1.66 bits per heavy atom. The third-order valence-corrected chi connectivity index (χ3v) is 5.89. The Balaban J connectivity index is -0.000000157. The number of methoxy groups -OCH3 is 2. The Kier molecular flexibility index (Phi) is 45.9. The smallest absolute Gasteiger partial charge is 1.00 e. The second-order valence-corrected chi connectivity index (χ2v) is 8.98. The van der Waals surface area contributed by atoms with E-state index in [-0.39, 0.29) is 123 Å². The Hall–Kier alpha value is 1.76. The summed E-state index contributed by atoms with van der Waals surface area (Å²) in [5, 5.41) is 9.18. The van der Waals surface area contributed by atoms with Crippen LogP contribution < -0.4 is 118 Å². The Bertz CT molecular complexity index is 825. The van der Waals surface area contributed by atoms with E-state index in [0.29, 0.717) is 26.4 Å². The zero-order valence-corrected chi connectivity index (χ0v) is 35.0. The van der Waals surface area contributed by atoms with Crippen molar-refractivity contribution in [1.82, 2.24) is 0 Å². The topological polar surface area (TPSA) is 105 Å². The van der Waals surface area contributed by atoms with Crippen LogP contribution in [-0.2, 0) is 28.6 Å². The van der Waals surface area contributed by atoms with Crippen molar-refractivity contribution < 1.29 is 148 Å². The van der Waals surface area contributed by atoms with Crippen LogP contribution in [0.25, 0.3) is 0 Å². The molecule has 0 aliphatic heterocycles. The Morgan fingerprint density at radius 1 is 0.854 bits per heavy atom. The van der Waals surface area contributed by atoms with Gasteiger partial charge in [-0.3, -0.25) is 4.79 Å². The maximum absolute atomic E-state index is 8.64. The fourth-order valence-electron chi connectivity index (χ4n) is 2.49. The molecule has 9 nitrogen and oxygen atoms in total. The summed E-state index contributed by atoms with van der Waals surface area (Å²) in [7, 11) is 3.32. The van der Waals surface area contributed by atoms with Crippen LogP contribution in [0, 0.1) is 0 Å². The van der Waals surface area contributed by atoms with E-state index in [1.165, 1.54) is 0 Å². The molecule has 2 aromatic rings. The summed E-state index contributed by atoms with van der Waals surface area (Å²) in [4.78, 5) is 13.3. The van der Waals surface area contributed by atoms with E-state index in [0.717, 1.165) is 32.4 Å². The molecule has 14 heteroatoms. The van der Waals surface area contributed by atoms with E-state index in [1.54, 1.807) is 26.0 Å². The normalized spacial score (nSPS) is 9.34. The van der Waals surface area contributed by atoms with Crippen LogP contribution in [0.1, 0.15) is 29.1 Å². The van der Waals surface area contributed by atoms with Crippen molar-refractivity contribution in [1.29, 1.82) is 0 Å². The van der Waals surface area contributed by atoms with E-state index in [1.807, 2.05) is 70.2 Å². The molecule has 0 radical (unpaired) electrons. The zero-order chi connectivity index (χ0) is 29.7. The van der Waals surface area contributed by atoms with Crippen LogP contribution in [0.3, 0.4) is 0 Å². The van der Waals surface area contributed by atoms with E-state index >= 15 is 0 Å². The first kappa shape index (κ1) is 49.6. The molecule has 2 aromatic carbocycles. The van der Waals surface area contributed by atoms with Crippen LogP contribution in [0.2, 0.25) is 0 Å². The predicted molar refractivity (Wildman–Crippen MR) is 160 cm³/mol. The van der Waals surface area contributed by atoms with Crippen LogP contribution in [0.5, 0.6) is 11.5 Å². The monoisotopic (exact) mass is 732 g/mol. The number of carbonyl (C=O) groups is 1. The third-order valence-electron chi connectivity index (χ3n) is 4.06. The first-order chi connectivity index (χ1) is 18.9. The van der Waals surface area contributed by atoms with Gasteiger partial charge in [0.1, 0.15) is 11.5 Å². The number of rotatable bonds is 15. The minimum Gasteiger partial charge on any atom is -1.00 e. The molecule has 0 spiro atoms. The van der Waals surface area contributed by atoms with Crippen molar-refractivity contribution in [2.24, 2.45) is 0 Å². The molecule has 2 rings (SSSR count). The van der Waals surface area contributed by atoms with Gasteiger partial charge >= 0.3 is 103 Å². The van der Waals surface area contributed by atoms with Gasteiger partial charge in [0.2, 0.25) is 0 Å². The van der Waals surface area contributed by atoms with Crippen LogP contribution in [0.4, 0.5) is 0 Å². The van der Waals surface area contributed by atoms with Crippen LogP contribution in [-0.4, -0.2) is 70.8 Å². The van der Waals surface area contributed by atoms with Gasteiger partial charge in [-0.2, -0.15) is 0 Å². The first-order valence-corrected chi connectivity index (χ1v) is 14.8. The molecule has 0 aliphatic carbocycles. The number of hydrogen-bond acceptors (Lipinski definition) is 11. The Labute approximate surface area is 350 Å². The Morgan fingerprint density at radius 2 is 1.29 bits per heavy atom. The minimum atomic E-state index is -0.181. The summed E-state index contributed by atoms with van der Waals surface area (Å²) in [5.41, 5.74) is 0. The zero-order valence-electron chi connectivity index (χ0n) is 26.5. The van der Waals surface area contributed by atoms with Crippen molar-refractivity contribution in [3.63, 3.8) is 0 Å². The van der Waals surface area contributed by atoms with Gasteiger partial charge in [-0.1, -0.05) is 28.1 Å². The maximum Gasteiger partial charge on any atom is 1.00 e. The van der Waals surface area contributed by atoms with Crippen molar-refractivity contribution >= 4 is 46.8 Å². The summed E-state index contributed by atoms with van der Waals surface area (Å²) >= 11 is 9.10. The number of alkyl halides is 1. The van der Waals surface area contributed by atoms with Crippen LogP contribution >= 0.6 is 40.3 Å². The fraction of sp³-hybridized carbons (Fsp3) is 0.519. The van der Waals surface area contributed by atoms with Gasteiger partial charge in [0.25, 0.3) is 6.47 Å². The van der Waals surface area contributed by atoms with E-state index < -0.39 is 0 Å². The summed E-state index contributed by atoms with van der Waals surface area (Å²) in [5.74, 6) is 2.51. The van der Waals surface area contributed by atoms with Crippen molar-refractivity contribution in [2.75, 3.05) is 51.7 Å². The molecule has 0 aromatic heterocycles. The molecule has 0 atom stereocenters. The SMILES string of the molecule is CCOC(CBr)OCC.CCOC(CSc1cccc(OC)c1)OCC.COc1cccc(S)c1.O=CO[O-].[H-].[K+].[K+]. The standard InChI is InChI=1S/C13H20O3S.C7H8OS.C6H13BrO2.CH2O3.2K.H/c1-4-15-13(16-5-2)10-17-12-8-6-7-11(9-12)14-3;1-8-6-3-2-4-7(9)5-6;1-3-8-6(5-7)9-4-2;2-1-4-3;;;/h6-9,13H,4-5,10H2,1-3H3;2-5,9H,1H3;6H,3-5H2,1-2H3;1,3H;;;/q;;;;2*+1;-1/p-1. The second kappa shape index (κ2) is 37.9. The average molecular weight is 734 g/mol. The van der Waals surface area contributed by atoms with Crippen molar-refractivity contribution in [2.45, 2.75) is 50.1 Å². The summed E-state index contributed by atoms with van der Waals surface area (Å²) in [6, 6.07) is 15.6. The van der Waals surface area contributed by atoms with Crippen LogP contribution in [0.15, 0.2) is 58.3 Å².